The molecule has 0 aliphatic carbocycles. The van der Waals surface area contributed by atoms with Crippen LogP contribution in [0.4, 0.5) is 0 Å². The Balaban J connectivity index is 3.79. The summed E-state index contributed by atoms with van der Waals surface area (Å²) in [6.07, 6.45) is 1.19. The Bertz CT molecular complexity index is 286. The van der Waals surface area contributed by atoms with Crippen LogP contribution in [0.3, 0.4) is 0 Å². The molecule has 0 spiro atoms. The fourth-order valence-corrected chi connectivity index (χ4v) is 14.3. The van der Waals surface area contributed by atoms with Crippen molar-refractivity contribution < 1.29 is 14.2 Å². The highest BCUT2D eigenvalue weighted by Crippen LogP contribution is 2.19. The van der Waals surface area contributed by atoms with Crippen LogP contribution in [0.25, 0.3) is 0 Å². The average Bonchev–Trinajstić information content (AvgIpc) is 2.43. The summed E-state index contributed by atoms with van der Waals surface area (Å²) < 4.78 is 19.9. The van der Waals surface area contributed by atoms with E-state index in [1.807, 2.05) is 13.8 Å². The molecule has 24 heavy (non-hydrogen) atoms. The third-order valence-corrected chi connectivity index (χ3v) is 13.4. The van der Waals surface area contributed by atoms with Crippen LogP contribution in [-0.2, 0) is 14.2 Å². The van der Waals surface area contributed by atoms with E-state index in [9.17, 15) is 0 Å². The molecule has 0 atom stereocenters. The summed E-state index contributed by atoms with van der Waals surface area (Å²) in [6, 6.07) is 2.33. The maximum atomic E-state index is 5.87. The van der Waals surface area contributed by atoms with Crippen LogP contribution in [0.15, 0.2) is 0 Å². The van der Waals surface area contributed by atoms with Gasteiger partial charge in [-0.1, -0.05) is 39.3 Å². The zero-order chi connectivity index (χ0) is 18.6. The van der Waals surface area contributed by atoms with Crippen LogP contribution in [0.5, 0.6) is 0 Å². The Kier molecular flexibility index (Phi) is 13.0. The van der Waals surface area contributed by atoms with Gasteiger partial charge in [0.2, 0.25) is 0 Å². The number of nitrogens with zero attached hydrogens (tertiary/aromatic N) is 1. The third-order valence-electron chi connectivity index (χ3n) is 3.97. The molecule has 0 aliphatic rings. The Morgan fingerprint density at radius 3 is 1.88 bits per heavy atom. The van der Waals surface area contributed by atoms with E-state index in [0.29, 0.717) is 0 Å². The molecule has 0 N–H and O–H groups in total. The topological polar surface area (TPSA) is 30.9 Å². The van der Waals surface area contributed by atoms with Gasteiger partial charge in [0, 0.05) is 35.9 Å². The van der Waals surface area contributed by atoms with E-state index >= 15 is 0 Å². The minimum absolute atomic E-state index is 0.0220. The van der Waals surface area contributed by atoms with Gasteiger partial charge in [-0.25, -0.2) is 0 Å². The molecule has 7 heteroatoms. The summed E-state index contributed by atoms with van der Waals surface area (Å²) in [7, 11) is -2.57. The Morgan fingerprint density at radius 2 is 1.42 bits per heavy atom. The highest BCUT2D eigenvalue weighted by Gasteiger charge is 2.33. The molecule has 0 saturated carbocycles. The summed E-state index contributed by atoms with van der Waals surface area (Å²) >= 11 is 0. The van der Waals surface area contributed by atoms with Crippen molar-refractivity contribution in [2.45, 2.75) is 77.9 Å². The van der Waals surface area contributed by atoms with E-state index in [1.165, 1.54) is 12.6 Å². The fourth-order valence-electron chi connectivity index (χ4n) is 3.21. The quantitative estimate of drug-likeness (QED) is 0.241. The van der Waals surface area contributed by atoms with Crippen molar-refractivity contribution in [3.63, 3.8) is 0 Å². The normalized spacial score (nSPS) is 13.8. The SMILES string of the molecule is CCOC(C[SiH2]CCOCCCN([Si](C)(C)C)[Si](C)(C)C)OCC. The summed E-state index contributed by atoms with van der Waals surface area (Å²) in [6.45, 7) is 23.3. The summed E-state index contributed by atoms with van der Waals surface area (Å²) in [5.41, 5.74) is 0. The number of ether oxygens (including phenoxy) is 3. The van der Waals surface area contributed by atoms with Crippen molar-refractivity contribution >= 4 is 26.0 Å². The molecular weight excluding hydrogens is 350 g/mol. The molecule has 0 heterocycles. The van der Waals surface area contributed by atoms with Crippen molar-refractivity contribution in [2.75, 3.05) is 33.0 Å². The first-order valence-corrected chi connectivity index (χ1v) is 18.6. The van der Waals surface area contributed by atoms with Gasteiger partial charge < -0.3 is 18.4 Å². The van der Waals surface area contributed by atoms with Crippen molar-refractivity contribution in [3.8, 4) is 0 Å². The molecule has 0 rings (SSSR count). The van der Waals surface area contributed by atoms with Crippen LogP contribution in [0, 0.1) is 0 Å². The molecule has 0 unspecified atom stereocenters. The maximum Gasteiger partial charge on any atom is 0.154 e. The molecular formula is C17H43NO3Si3. The summed E-state index contributed by atoms with van der Waals surface area (Å²) in [5.74, 6) is 0. The van der Waals surface area contributed by atoms with Crippen molar-refractivity contribution in [2.24, 2.45) is 0 Å². The zero-order valence-corrected chi connectivity index (χ0v) is 21.0. The van der Waals surface area contributed by atoms with Gasteiger partial charge in [-0.15, -0.1) is 0 Å². The van der Waals surface area contributed by atoms with Crippen LogP contribution in [-0.4, -0.2) is 69.5 Å². The Morgan fingerprint density at radius 1 is 0.875 bits per heavy atom. The summed E-state index contributed by atoms with van der Waals surface area (Å²) in [5, 5.41) is 0. The second kappa shape index (κ2) is 12.8. The minimum atomic E-state index is -1.21. The molecule has 0 aliphatic heterocycles. The van der Waals surface area contributed by atoms with Crippen LogP contribution >= 0.6 is 0 Å². The molecule has 0 aromatic rings. The first-order chi connectivity index (χ1) is 11.1. The molecule has 146 valence electrons. The number of hydrogen-bond acceptors (Lipinski definition) is 4. The highest BCUT2D eigenvalue weighted by atomic mass is 28.4. The lowest BCUT2D eigenvalue weighted by molar-refractivity contribution is -0.123. The Hall–Kier alpha value is 0.491. The average molecular weight is 394 g/mol. The van der Waals surface area contributed by atoms with E-state index in [-0.39, 0.29) is 15.8 Å². The van der Waals surface area contributed by atoms with Crippen LogP contribution in [0.1, 0.15) is 20.3 Å². The van der Waals surface area contributed by atoms with Gasteiger partial charge in [0.1, 0.15) is 16.5 Å². The summed E-state index contributed by atoms with van der Waals surface area (Å²) in [4.78, 5) is 0. The van der Waals surface area contributed by atoms with Gasteiger partial charge in [0.15, 0.2) is 6.29 Å². The monoisotopic (exact) mass is 393 g/mol. The zero-order valence-electron chi connectivity index (χ0n) is 17.6. The number of rotatable bonds is 15. The van der Waals surface area contributed by atoms with Crippen molar-refractivity contribution in [1.82, 2.24) is 4.23 Å². The molecule has 4 nitrogen and oxygen atoms in total. The van der Waals surface area contributed by atoms with E-state index in [1.54, 1.807) is 0 Å². The maximum absolute atomic E-state index is 5.87. The molecule has 0 aromatic heterocycles. The molecule has 0 radical (unpaired) electrons. The smallest absolute Gasteiger partial charge is 0.154 e. The third kappa shape index (κ3) is 11.9. The lowest BCUT2D eigenvalue weighted by atomic mass is 10.5. The first kappa shape index (κ1) is 24.5. The van der Waals surface area contributed by atoms with E-state index < -0.39 is 16.5 Å². The van der Waals surface area contributed by atoms with Crippen molar-refractivity contribution in [1.29, 1.82) is 0 Å². The molecule has 0 saturated heterocycles. The van der Waals surface area contributed by atoms with Crippen LogP contribution in [0.2, 0.25) is 51.4 Å². The molecule has 0 aromatic carbocycles. The molecule has 0 bridgehead atoms. The van der Waals surface area contributed by atoms with E-state index in [2.05, 4.69) is 43.5 Å². The van der Waals surface area contributed by atoms with Gasteiger partial charge in [-0.3, -0.25) is 0 Å². The van der Waals surface area contributed by atoms with Gasteiger partial charge in [0.25, 0.3) is 0 Å². The predicted octanol–water partition coefficient (Wildman–Crippen LogP) is 3.77. The largest absolute Gasteiger partial charge is 0.382 e. The fraction of sp³-hybridized carbons (Fsp3) is 1.00. The van der Waals surface area contributed by atoms with Gasteiger partial charge >= 0.3 is 0 Å². The van der Waals surface area contributed by atoms with Gasteiger partial charge in [-0.2, -0.15) is 0 Å². The second-order valence-corrected chi connectivity index (χ2v) is 20.5. The van der Waals surface area contributed by atoms with Gasteiger partial charge in [-0.05, 0) is 38.9 Å². The minimum Gasteiger partial charge on any atom is -0.382 e. The molecule has 0 fully saturated rings. The lowest BCUT2D eigenvalue weighted by Gasteiger charge is -2.43. The predicted molar refractivity (Wildman–Crippen MR) is 114 cm³/mol. The first-order valence-electron chi connectivity index (χ1n) is 9.71. The highest BCUT2D eigenvalue weighted by molar-refractivity contribution is 6.89. The standard InChI is InChI=1S/C17H43NO3Si3/c1-9-20-17(21-10-2)16-22-15-14-19-13-11-12-18(23(3,4)5)24(6,7)8/h17H,9-16,22H2,1-8H3. The van der Waals surface area contributed by atoms with E-state index in [0.717, 1.165) is 38.9 Å². The number of hydrogen-bond donors (Lipinski definition) is 0. The lowest BCUT2D eigenvalue weighted by Crippen LogP contribution is -2.59. The van der Waals surface area contributed by atoms with Crippen molar-refractivity contribution in [3.05, 3.63) is 0 Å². The van der Waals surface area contributed by atoms with Crippen LogP contribution < -0.4 is 0 Å². The molecule has 0 amide bonds. The van der Waals surface area contributed by atoms with E-state index in [4.69, 9.17) is 14.2 Å². The Labute approximate surface area is 155 Å². The van der Waals surface area contributed by atoms with Gasteiger partial charge in [0.05, 0.1) is 0 Å². The second-order valence-electron chi connectivity index (χ2n) is 8.30.